The van der Waals surface area contributed by atoms with Crippen LogP contribution in [-0.2, 0) is 20.3 Å². The van der Waals surface area contributed by atoms with Crippen LogP contribution >= 0.6 is 0 Å². The first kappa shape index (κ1) is 19.3. The van der Waals surface area contributed by atoms with Gasteiger partial charge in [-0.15, -0.1) is 0 Å². The molecule has 0 bridgehead atoms. The van der Waals surface area contributed by atoms with Gasteiger partial charge in [0, 0.05) is 38.6 Å². The first-order chi connectivity index (χ1) is 13.2. The van der Waals surface area contributed by atoms with E-state index >= 15 is 0 Å². The Hall–Kier alpha value is -3.50. The third kappa shape index (κ3) is 3.63. The fourth-order valence-corrected chi connectivity index (χ4v) is 3.11. The molecule has 0 saturated carbocycles. The van der Waals surface area contributed by atoms with Crippen molar-refractivity contribution in [1.29, 1.82) is 0 Å². The number of amides is 1. The zero-order valence-electron chi connectivity index (χ0n) is 16.4. The van der Waals surface area contributed by atoms with Gasteiger partial charge < -0.3 is 4.90 Å². The first-order valence-electron chi connectivity index (χ1n) is 8.63. The lowest BCUT2D eigenvalue weighted by Crippen LogP contribution is -2.27. The van der Waals surface area contributed by atoms with Crippen molar-refractivity contribution in [2.75, 3.05) is 7.05 Å². The van der Waals surface area contributed by atoms with Gasteiger partial charge in [-0.2, -0.15) is 15.3 Å². The average Bonchev–Trinajstić information content (AvgIpc) is 3.26. The van der Waals surface area contributed by atoms with Crippen LogP contribution in [0, 0.1) is 30.9 Å². The van der Waals surface area contributed by atoms with Gasteiger partial charge in [0.25, 0.3) is 5.91 Å². The zero-order chi connectivity index (χ0) is 20.6. The Morgan fingerprint density at radius 3 is 2.50 bits per heavy atom. The fourth-order valence-electron chi connectivity index (χ4n) is 3.11. The molecule has 0 radical (unpaired) electrons. The topological polar surface area (TPSA) is 117 Å². The van der Waals surface area contributed by atoms with Crippen molar-refractivity contribution < 1.29 is 9.72 Å². The number of carbonyl (C=O) groups excluding carboxylic acids is 1. The molecule has 3 aromatic rings. The predicted molar refractivity (Wildman–Crippen MR) is 99.7 cm³/mol. The molecule has 3 aromatic heterocycles. The SMILES string of the molecule is Cc1nn(C)cc1CN(C)C(=O)c1ccn(Cn2nc(C)c([N+](=O)[O-])c2C)n1. The maximum absolute atomic E-state index is 12.7. The number of hydrogen-bond acceptors (Lipinski definition) is 6. The van der Waals surface area contributed by atoms with E-state index in [0.717, 1.165) is 11.3 Å². The lowest BCUT2D eigenvalue weighted by molar-refractivity contribution is -0.386. The molecule has 1 amide bonds. The van der Waals surface area contributed by atoms with Gasteiger partial charge in [-0.3, -0.25) is 24.3 Å². The quantitative estimate of drug-likeness (QED) is 0.467. The second-order valence-corrected chi connectivity index (χ2v) is 6.73. The Balaban J connectivity index is 1.73. The minimum atomic E-state index is -0.443. The number of aromatic nitrogens is 6. The van der Waals surface area contributed by atoms with E-state index in [-0.39, 0.29) is 18.3 Å². The summed E-state index contributed by atoms with van der Waals surface area (Å²) in [6.45, 7) is 5.73. The Labute approximate surface area is 161 Å². The van der Waals surface area contributed by atoms with Crippen LogP contribution in [0.25, 0.3) is 0 Å². The van der Waals surface area contributed by atoms with Crippen LogP contribution < -0.4 is 0 Å². The normalized spacial score (nSPS) is 11.0. The monoisotopic (exact) mass is 386 g/mol. The van der Waals surface area contributed by atoms with E-state index in [1.807, 2.05) is 20.2 Å². The molecule has 0 aromatic carbocycles. The number of nitro groups is 1. The third-order valence-electron chi connectivity index (χ3n) is 4.53. The number of nitrogens with zero attached hydrogens (tertiary/aromatic N) is 8. The van der Waals surface area contributed by atoms with Gasteiger partial charge in [-0.25, -0.2) is 4.68 Å². The summed E-state index contributed by atoms with van der Waals surface area (Å²) in [5, 5.41) is 23.9. The van der Waals surface area contributed by atoms with E-state index in [9.17, 15) is 14.9 Å². The Morgan fingerprint density at radius 2 is 1.93 bits per heavy atom. The van der Waals surface area contributed by atoms with E-state index in [4.69, 9.17) is 0 Å². The van der Waals surface area contributed by atoms with Gasteiger partial charge in [-0.1, -0.05) is 0 Å². The fraction of sp³-hybridized carbons (Fsp3) is 0.412. The molecule has 28 heavy (non-hydrogen) atoms. The molecule has 11 nitrogen and oxygen atoms in total. The highest BCUT2D eigenvalue weighted by Crippen LogP contribution is 2.21. The highest BCUT2D eigenvalue weighted by molar-refractivity contribution is 5.91. The Kier molecular flexibility index (Phi) is 4.99. The summed E-state index contributed by atoms with van der Waals surface area (Å²) in [7, 11) is 3.54. The lowest BCUT2D eigenvalue weighted by atomic mass is 10.2. The van der Waals surface area contributed by atoms with Gasteiger partial charge in [0.15, 0.2) is 0 Å². The van der Waals surface area contributed by atoms with Crippen LogP contribution in [0.4, 0.5) is 5.69 Å². The smallest absolute Gasteiger partial charge is 0.312 e. The van der Waals surface area contributed by atoms with Crippen LogP contribution in [0.5, 0.6) is 0 Å². The number of hydrogen-bond donors (Lipinski definition) is 0. The van der Waals surface area contributed by atoms with Crippen LogP contribution in [0.1, 0.15) is 33.1 Å². The molecule has 0 atom stereocenters. The van der Waals surface area contributed by atoms with Crippen molar-refractivity contribution in [3.05, 3.63) is 56.9 Å². The summed E-state index contributed by atoms with van der Waals surface area (Å²) in [5.74, 6) is -0.221. The molecule has 0 aliphatic heterocycles. The van der Waals surface area contributed by atoms with Crippen molar-refractivity contribution >= 4 is 11.6 Å². The van der Waals surface area contributed by atoms with Gasteiger partial charge in [0.05, 0.1) is 10.6 Å². The van der Waals surface area contributed by atoms with E-state index in [2.05, 4.69) is 15.3 Å². The lowest BCUT2D eigenvalue weighted by Gasteiger charge is -2.15. The molecule has 148 valence electrons. The molecule has 0 unspecified atom stereocenters. The van der Waals surface area contributed by atoms with Gasteiger partial charge in [-0.05, 0) is 26.8 Å². The van der Waals surface area contributed by atoms with Gasteiger partial charge in [0.2, 0.25) is 0 Å². The predicted octanol–water partition coefficient (Wildman–Crippen LogP) is 1.42. The van der Waals surface area contributed by atoms with E-state index in [1.54, 1.807) is 42.7 Å². The molecule has 11 heteroatoms. The molecular formula is C17H22N8O3. The zero-order valence-corrected chi connectivity index (χ0v) is 16.4. The van der Waals surface area contributed by atoms with Crippen molar-refractivity contribution in [3.63, 3.8) is 0 Å². The van der Waals surface area contributed by atoms with Crippen molar-refractivity contribution in [2.45, 2.75) is 34.0 Å². The summed E-state index contributed by atoms with van der Waals surface area (Å²) < 4.78 is 4.74. The van der Waals surface area contributed by atoms with Gasteiger partial charge >= 0.3 is 5.69 Å². The molecule has 0 N–H and O–H groups in total. The molecule has 0 fully saturated rings. The number of carbonyl (C=O) groups is 1. The average molecular weight is 386 g/mol. The standard InChI is InChI=1S/C17H22N8O3/c1-11-14(9-22(5)18-11)8-21(4)17(26)15-6-7-23(20-15)10-24-13(3)16(25(27)28)12(2)19-24/h6-7,9H,8,10H2,1-5H3. The Morgan fingerprint density at radius 1 is 1.21 bits per heavy atom. The molecule has 0 aliphatic rings. The van der Waals surface area contributed by atoms with E-state index in [0.29, 0.717) is 23.6 Å². The van der Waals surface area contributed by atoms with E-state index < -0.39 is 4.92 Å². The summed E-state index contributed by atoms with van der Waals surface area (Å²) in [5.41, 5.74) is 2.91. The minimum absolute atomic E-state index is 0.00460. The Bertz CT molecular complexity index is 1050. The molecule has 0 spiro atoms. The van der Waals surface area contributed by atoms with Crippen LogP contribution in [0.15, 0.2) is 18.5 Å². The highest BCUT2D eigenvalue weighted by atomic mass is 16.6. The van der Waals surface area contributed by atoms with Crippen LogP contribution in [-0.4, -0.2) is 52.1 Å². The summed E-state index contributed by atoms with van der Waals surface area (Å²) in [6.07, 6.45) is 3.53. The largest absolute Gasteiger partial charge is 0.336 e. The number of aryl methyl sites for hydroxylation is 3. The molecular weight excluding hydrogens is 364 g/mol. The van der Waals surface area contributed by atoms with Crippen molar-refractivity contribution in [3.8, 4) is 0 Å². The van der Waals surface area contributed by atoms with Gasteiger partial charge in [0.1, 0.15) is 23.8 Å². The maximum Gasteiger partial charge on any atom is 0.312 e. The second kappa shape index (κ2) is 7.25. The van der Waals surface area contributed by atoms with E-state index in [1.165, 1.54) is 9.36 Å². The summed E-state index contributed by atoms with van der Waals surface area (Å²) in [4.78, 5) is 24.9. The first-order valence-corrected chi connectivity index (χ1v) is 8.63. The minimum Gasteiger partial charge on any atom is -0.336 e. The van der Waals surface area contributed by atoms with Crippen LogP contribution in [0.3, 0.4) is 0 Å². The van der Waals surface area contributed by atoms with Crippen LogP contribution in [0.2, 0.25) is 0 Å². The summed E-state index contributed by atoms with van der Waals surface area (Å²) >= 11 is 0. The summed E-state index contributed by atoms with van der Waals surface area (Å²) in [6, 6.07) is 1.62. The number of rotatable bonds is 6. The molecule has 3 heterocycles. The molecule has 0 aliphatic carbocycles. The second-order valence-electron chi connectivity index (χ2n) is 6.73. The third-order valence-corrected chi connectivity index (χ3v) is 4.53. The molecule has 3 rings (SSSR count). The van der Waals surface area contributed by atoms with Crippen molar-refractivity contribution in [1.82, 2.24) is 34.2 Å². The molecule has 0 saturated heterocycles. The van der Waals surface area contributed by atoms with Crippen molar-refractivity contribution in [2.24, 2.45) is 7.05 Å². The highest BCUT2D eigenvalue weighted by Gasteiger charge is 2.22. The maximum atomic E-state index is 12.7.